The van der Waals surface area contributed by atoms with Crippen molar-refractivity contribution in [1.29, 1.82) is 0 Å². The van der Waals surface area contributed by atoms with E-state index in [-0.39, 0.29) is 13.2 Å². The molecule has 90 valence electrons. The second-order valence-electron chi connectivity index (χ2n) is 3.36. The standard InChI is InChI=1S/C11H16BrNO3/c1-15-10-2-3-11(12)8(4-10)6-16-7-9(14)5-13/h2-4,9,14H,5-7,13H2,1H3/t9-/m0/s1. The van der Waals surface area contributed by atoms with Gasteiger partial charge in [-0.15, -0.1) is 0 Å². The van der Waals surface area contributed by atoms with Crippen LogP contribution in [0.2, 0.25) is 0 Å². The maximum atomic E-state index is 9.22. The summed E-state index contributed by atoms with van der Waals surface area (Å²) >= 11 is 3.42. The summed E-state index contributed by atoms with van der Waals surface area (Å²) in [5, 5.41) is 9.22. The van der Waals surface area contributed by atoms with E-state index in [9.17, 15) is 5.11 Å². The van der Waals surface area contributed by atoms with E-state index in [2.05, 4.69) is 15.9 Å². The monoisotopic (exact) mass is 289 g/mol. The third-order valence-corrected chi connectivity index (χ3v) is 2.87. The molecule has 0 saturated heterocycles. The van der Waals surface area contributed by atoms with Gasteiger partial charge in [-0.3, -0.25) is 0 Å². The van der Waals surface area contributed by atoms with Crippen LogP contribution in [0.25, 0.3) is 0 Å². The van der Waals surface area contributed by atoms with E-state index in [4.69, 9.17) is 15.2 Å². The first-order valence-electron chi connectivity index (χ1n) is 4.95. The highest BCUT2D eigenvalue weighted by Gasteiger charge is 2.05. The van der Waals surface area contributed by atoms with Gasteiger partial charge >= 0.3 is 0 Å². The van der Waals surface area contributed by atoms with Crippen molar-refractivity contribution in [2.75, 3.05) is 20.3 Å². The van der Waals surface area contributed by atoms with E-state index < -0.39 is 6.10 Å². The number of hydrogen-bond donors (Lipinski definition) is 2. The summed E-state index contributed by atoms with van der Waals surface area (Å²) in [6.45, 7) is 0.855. The number of halogens is 1. The minimum absolute atomic E-state index is 0.208. The highest BCUT2D eigenvalue weighted by molar-refractivity contribution is 9.10. The van der Waals surface area contributed by atoms with Crippen LogP contribution in [0.3, 0.4) is 0 Å². The lowest BCUT2D eigenvalue weighted by atomic mass is 10.2. The highest BCUT2D eigenvalue weighted by atomic mass is 79.9. The average molecular weight is 290 g/mol. The summed E-state index contributed by atoms with van der Waals surface area (Å²) in [7, 11) is 1.62. The number of rotatable bonds is 6. The molecule has 16 heavy (non-hydrogen) atoms. The minimum Gasteiger partial charge on any atom is -0.497 e. The lowest BCUT2D eigenvalue weighted by molar-refractivity contribution is 0.0326. The molecule has 0 fully saturated rings. The van der Waals surface area contributed by atoms with Crippen molar-refractivity contribution in [1.82, 2.24) is 0 Å². The number of benzene rings is 1. The van der Waals surface area contributed by atoms with E-state index in [0.717, 1.165) is 15.8 Å². The van der Waals surface area contributed by atoms with Crippen molar-refractivity contribution in [3.05, 3.63) is 28.2 Å². The van der Waals surface area contributed by atoms with Crippen LogP contribution in [-0.2, 0) is 11.3 Å². The molecule has 0 aliphatic heterocycles. The molecule has 1 aromatic carbocycles. The molecule has 0 amide bonds. The van der Waals surface area contributed by atoms with Crippen molar-refractivity contribution in [3.8, 4) is 5.75 Å². The first-order chi connectivity index (χ1) is 7.67. The van der Waals surface area contributed by atoms with Crippen LogP contribution in [0.5, 0.6) is 5.75 Å². The van der Waals surface area contributed by atoms with Gasteiger partial charge < -0.3 is 20.3 Å². The topological polar surface area (TPSA) is 64.7 Å². The van der Waals surface area contributed by atoms with Gasteiger partial charge in [-0.25, -0.2) is 0 Å². The van der Waals surface area contributed by atoms with Crippen LogP contribution >= 0.6 is 15.9 Å². The zero-order chi connectivity index (χ0) is 12.0. The summed E-state index contributed by atoms with van der Waals surface area (Å²) in [6, 6.07) is 5.65. The molecule has 4 nitrogen and oxygen atoms in total. The van der Waals surface area contributed by atoms with Gasteiger partial charge in [-0.05, 0) is 23.8 Å². The number of nitrogens with two attached hydrogens (primary N) is 1. The molecule has 0 aliphatic carbocycles. The summed E-state index contributed by atoms with van der Waals surface area (Å²) in [6.07, 6.45) is -0.607. The van der Waals surface area contributed by atoms with Crippen molar-refractivity contribution >= 4 is 15.9 Å². The number of aliphatic hydroxyl groups excluding tert-OH is 1. The molecular formula is C11H16BrNO3. The molecule has 0 saturated carbocycles. The summed E-state index contributed by atoms with van der Waals surface area (Å²) in [5.41, 5.74) is 6.24. The lowest BCUT2D eigenvalue weighted by Crippen LogP contribution is -2.25. The Morgan fingerprint density at radius 3 is 2.88 bits per heavy atom. The Morgan fingerprint density at radius 2 is 2.25 bits per heavy atom. The lowest BCUT2D eigenvalue weighted by Gasteiger charge is -2.10. The third kappa shape index (κ3) is 4.09. The molecule has 0 aromatic heterocycles. The van der Waals surface area contributed by atoms with Crippen LogP contribution in [0.1, 0.15) is 5.56 Å². The predicted molar refractivity (Wildman–Crippen MR) is 65.4 cm³/mol. The number of methoxy groups -OCH3 is 1. The molecule has 1 aromatic rings. The van der Waals surface area contributed by atoms with Gasteiger partial charge in [0.15, 0.2) is 0 Å². The van der Waals surface area contributed by atoms with E-state index in [1.807, 2.05) is 18.2 Å². The Hall–Kier alpha value is -0.620. The Bertz CT molecular complexity index is 333. The normalized spacial score (nSPS) is 12.5. The van der Waals surface area contributed by atoms with Crippen molar-refractivity contribution < 1.29 is 14.6 Å². The molecular weight excluding hydrogens is 274 g/mol. The first kappa shape index (κ1) is 13.4. The molecule has 0 spiro atoms. The molecule has 0 aliphatic rings. The average Bonchev–Trinajstić information content (AvgIpc) is 2.31. The quantitative estimate of drug-likeness (QED) is 0.828. The number of hydrogen-bond acceptors (Lipinski definition) is 4. The fourth-order valence-corrected chi connectivity index (χ4v) is 1.52. The molecule has 0 radical (unpaired) electrons. The second-order valence-corrected chi connectivity index (χ2v) is 4.22. The van der Waals surface area contributed by atoms with Crippen LogP contribution < -0.4 is 10.5 Å². The van der Waals surface area contributed by atoms with Gasteiger partial charge in [-0.2, -0.15) is 0 Å². The maximum absolute atomic E-state index is 9.22. The van der Waals surface area contributed by atoms with Gasteiger partial charge in [0.2, 0.25) is 0 Å². The smallest absolute Gasteiger partial charge is 0.119 e. The predicted octanol–water partition coefficient (Wildman–Crippen LogP) is 1.29. The largest absolute Gasteiger partial charge is 0.497 e. The van der Waals surface area contributed by atoms with Crippen molar-refractivity contribution in [2.45, 2.75) is 12.7 Å². The molecule has 3 N–H and O–H groups in total. The zero-order valence-electron chi connectivity index (χ0n) is 9.15. The van der Waals surface area contributed by atoms with Gasteiger partial charge in [0.1, 0.15) is 5.75 Å². The van der Waals surface area contributed by atoms with Gasteiger partial charge in [0, 0.05) is 11.0 Å². The molecule has 0 bridgehead atoms. The molecule has 1 atom stereocenters. The van der Waals surface area contributed by atoms with Gasteiger partial charge in [0.05, 0.1) is 26.4 Å². The Labute approximate surface area is 103 Å². The van der Waals surface area contributed by atoms with E-state index in [1.165, 1.54) is 0 Å². The summed E-state index contributed by atoms with van der Waals surface area (Å²) in [4.78, 5) is 0. The minimum atomic E-state index is -0.607. The van der Waals surface area contributed by atoms with Gasteiger partial charge in [-0.1, -0.05) is 15.9 Å². The van der Waals surface area contributed by atoms with Crippen LogP contribution in [-0.4, -0.2) is 31.5 Å². The zero-order valence-corrected chi connectivity index (χ0v) is 10.7. The highest BCUT2D eigenvalue weighted by Crippen LogP contribution is 2.23. The maximum Gasteiger partial charge on any atom is 0.119 e. The van der Waals surface area contributed by atoms with Crippen molar-refractivity contribution in [2.24, 2.45) is 5.73 Å². The third-order valence-electron chi connectivity index (χ3n) is 2.09. The van der Waals surface area contributed by atoms with E-state index in [1.54, 1.807) is 7.11 Å². The molecule has 0 heterocycles. The van der Waals surface area contributed by atoms with Crippen LogP contribution in [0, 0.1) is 0 Å². The molecule has 5 heteroatoms. The Balaban J connectivity index is 2.52. The first-order valence-corrected chi connectivity index (χ1v) is 5.75. The molecule has 1 rings (SSSR count). The molecule has 0 unspecified atom stereocenters. The summed E-state index contributed by atoms with van der Waals surface area (Å²) in [5.74, 6) is 0.779. The summed E-state index contributed by atoms with van der Waals surface area (Å²) < 4.78 is 11.4. The van der Waals surface area contributed by atoms with E-state index >= 15 is 0 Å². The number of aliphatic hydroxyl groups is 1. The number of ether oxygens (including phenoxy) is 2. The Morgan fingerprint density at radius 1 is 1.50 bits per heavy atom. The van der Waals surface area contributed by atoms with E-state index in [0.29, 0.717) is 6.61 Å². The van der Waals surface area contributed by atoms with Crippen LogP contribution in [0.15, 0.2) is 22.7 Å². The SMILES string of the molecule is COc1ccc(Br)c(COC[C@@H](O)CN)c1. The Kier molecular flexibility index (Phi) is 5.76. The van der Waals surface area contributed by atoms with Crippen LogP contribution in [0.4, 0.5) is 0 Å². The fraction of sp³-hybridized carbons (Fsp3) is 0.455. The van der Waals surface area contributed by atoms with Gasteiger partial charge in [0.25, 0.3) is 0 Å². The van der Waals surface area contributed by atoms with Crippen molar-refractivity contribution in [3.63, 3.8) is 0 Å². The fourth-order valence-electron chi connectivity index (χ4n) is 1.16. The second kappa shape index (κ2) is 6.85.